The Morgan fingerprint density at radius 3 is 2.29 bits per heavy atom. The maximum atomic E-state index is 4.47. The van der Waals surface area contributed by atoms with Crippen molar-refractivity contribution in [1.29, 1.82) is 0 Å². The molecule has 0 nitrogen and oxygen atoms in total. The molecule has 0 unspecified atom stereocenters. The summed E-state index contributed by atoms with van der Waals surface area (Å²) in [7, 11) is -1.49. The molecule has 1 aromatic carbocycles. The van der Waals surface area contributed by atoms with Crippen LogP contribution in [0, 0.1) is 0 Å². The fraction of sp³-hybridized carbons (Fsp3) is 0.467. The lowest BCUT2D eigenvalue weighted by molar-refractivity contribution is 0.729. The topological polar surface area (TPSA) is 0 Å². The van der Waals surface area contributed by atoms with Gasteiger partial charge in [-0.05, 0) is 16.2 Å². The van der Waals surface area contributed by atoms with Gasteiger partial charge in [-0.25, -0.2) is 0 Å². The average molecular weight is 265 g/mol. The predicted octanol–water partition coefficient (Wildman–Crippen LogP) is 4.47. The van der Waals surface area contributed by atoms with E-state index in [1.165, 1.54) is 16.3 Å². The van der Waals surface area contributed by atoms with E-state index in [1.54, 1.807) is 0 Å². The first-order chi connectivity index (χ1) is 7.74. The molecule has 0 aromatic heterocycles. The molecule has 0 aliphatic carbocycles. The van der Waals surface area contributed by atoms with Crippen LogP contribution in [0.15, 0.2) is 24.8 Å². The number of benzene rings is 1. The van der Waals surface area contributed by atoms with E-state index in [1.807, 2.05) is 6.08 Å². The lowest BCUT2D eigenvalue weighted by Crippen LogP contribution is -2.51. The van der Waals surface area contributed by atoms with Crippen LogP contribution in [-0.2, 0) is 5.75 Å². The van der Waals surface area contributed by atoms with E-state index in [4.69, 9.17) is 0 Å². The van der Waals surface area contributed by atoms with Crippen LogP contribution < -0.4 is 5.19 Å². The van der Waals surface area contributed by atoms with Crippen LogP contribution in [0.3, 0.4) is 0 Å². The number of hydrogen-bond donors (Lipinski definition) is 1. The number of hydrogen-bond acceptors (Lipinski definition) is 1. The average Bonchev–Trinajstić information content (AvgIpc) is 2.26. The third kappa shape index (κ3) is 2.86. The fourth-order valence-corrected chi connectivity index (χ4v) is 4.58. The summed E-state index contributed by atoms with van der Waals surface area (Å²) in [4.78, 5) is 0. The SMILES string of the molecule is C=Cc1ccc(CS)c([Si](C)(C)C(C)(C)C)c1. The van der Waals surface area contributed by atoms with Gasteiger partial charge in [0.05, 0.1) is 8.07 Å². The minimum Gasteiger partial charge on any atom is -0.175 e. The van der Waals surface area contributed by atoms with E-state index >= 15 is 0 Å². The Morgan fingerprint density at radius 1 is 1.29 bits per heavy atom. The summed E-state index contributed by atoms with van der Waals surface area (Å²) in [6, 6.07) is 6.66. The van der Waals surface area contributed by atoms with E-state index < -0.39 is 8.07 Å². The van der Waals surface area contributed by atoms with Crippen LogP contribution in [-0.4, -0.2) is 8.07 Å². The zero-order valence-corrected chi connectivity index (χ0v) is 13.6. The standard InChI is InChI=1S/C15H24SSi/c1-7-12-8-9-13(11-16)14(10-12)17(5,6)15(2,3)4/h7-10,16H,1,11H2,2-6H3. The second-order valence-corrected chi connectivity index (χ2v) is 11.8. The number of thiol groups is 1. The molecule has 0 N–H and O–H groups in total. The van der Waals surface area contributed by atoms with Crippen molar-refractivity contribution in [3.8, 4) is 0 Å². The Labute approximate surface area is 113 Å². The molecular weight excluding hydrogens is 240 g/mol. The van der Waals surface area contributed by atoms with Gasteiger partial charge in [-0.3, -0.25) is 0 Å². The van der Waals surface area contributed by atoms with Crippen molar-refractivity contribution in [2.75, 3.05) is 0 Å². The van der Waals surface area contributed by atoms with Crippen LogP contribution in [0.4, 0.5) is 0 Å². The van der Waals surface area contributed by atoms with E-state index in [0.29, 0.717) is 5.04 Å². The molecule has 0 saturated heterocycles. The summed E-state index contributed by atoms with van der Waals surface area (Å²) >= 11 is 4.47. The van der Waals surface area contributed by atoms with Crippen LogP contribution in [0.2, 0.25) is 18.1 Å². The quantitative estimate of drug-likeness (QED) is 0.604. The van der Waals surface area contributed by atoms with E-state index in [2.05, 4.69) is 71.3 Å². The van der Waals surface area contributed by atoms with Crippen molar-refractivity contribution in [2.45, 2.75) is 44.7 Å². The van der Waals surface area contributed by atoms with Gasteiger partial charge in [-0.2, -0.15) is 12.6 Å². The van der Waals surface area contributed by atoms with Crippen molar-refractivity contribution in [1.82, 2.24) is 0 Å². The van der Waals surface area contributed by atoms with Crippen molar-refractivity contribution in [2.24, 2.45) is 0 Å². The van der Waals surface area contributed by atoms with Gasteiger partial charge in [0.15, 0.2) is 0 Å². The van der Waals surface area contributed by atoms with Crippen molar-refractivity contribution in [3.05, 3.63) is 35.9 Å². The molecule has 0 fully saturated rings. The normalized spacial score (nSPS) is 12.6. The Balaban J connectivity index is 3.42. The van der Waals surface area contributed by atoms with E-state index in [0.717, 1.165) is 5.75 Å². The zero-order valence-electron chi connectivity index (χ0n) is 11.7. The van der Waals surface area contributed by atoms with Gasteiger partial charge in [0.1, 0.15) is 0 Å². The monoisotopic (exact) mass is 264 g/mol. The highest BCUT2D eigenvalue weighted by Gasteiger charge is 2.38. The molecule has 0 spiro atoms. The Bertz CT molecular complexity index is 413. The molecule has 0 atom stereocenters. The van der Waals surface area contributed by atoms with Gasteiger partial charge >= 0.3 is 0 Å². The fourth-order valence-electron chi connectivity index (χ4n) is 1.84. The molecule has 17 heavy (non-hydrogen) atoms. The van der Waals surface area contributed by atoms with Gasteiger partial charge in [-0.15, -0.1) is 0 Å². The summed E-state index contributed by atoms with van der Waals surface area (Å²) in [5, 5.41) is 1.88. The van der Waals surface area contributed by atoms with Gasteiger partial charge in [0.2, 0.25) is 0 Å². The summed E-state index contributed by atoms with van der Waals surface area (Å²) in [6.45, 7) is 15.8. The first-order valence-electron chi connectivity index (χ1n) is 6.10. The second kappa shape index (κ2) is 5.03. The molecule has 0 heterocycles. The molecule has 1 aromatic rings. The molecule has 2 heteroatoms. The summed E-state index contributed by atoms with van der Waals surface area (Å²) < 4.78 is 0. The van der Waals surface area contributed by atoms with Gasteiger partial charge in [0, 0.05) is 5.75 Å². The Hall–Kier alpha value is -0.473. The minimum absolute atomic E-state index is 0.352. The van der Waals surface area contributed by atoms with Crippen molar-refractivity contribution >= 4 is 32.0 Å². The molecule has 0 bridgehead atoms. The molecule has 0 aliphatic rings. The molecule has 0 amide bonds. The van der Waals surface area contributed by atoms with Gasteiger partial charge in [0.25, 0.3) is 0 Å². The molecule has 94 valence electrons. The molecule has 1 rings (SSSR count). The highest BCUT2D eigenvalue weighted by molar-refractivity contribution is 7.79. The maximum Gasteiger partial charge on any atom is 0.0863 e. The molecular formula is C15H24SSi. The first-order valence-corrected chi connectivity index (χ1v) is 9.74. The van der Waals surface area contributed by atoms with Crippen molar-refractivity contribution in [3.63, 3.8) is 0 Å². The molecule has 0 radical (unpaired) electrons. The van der Waals surface area contributed by atoms with Crippen LogP contribution in [0.25, 0.3) is 6.08 Å². The maximum absolute atomic E-state index is 4.47. The van der Waals surface area contributed by atoms with E-state index in [9.17, 15) is 0 Å². The number of rotatable bonds is 3. The van der Waals surface area contributed by atoms with Gasteiger partial charge < -0.3 is 0 Å². The predicted molar refractivity (Wildman–Crippen MR) is 86.1 cm³/mol. The Kier molecular flexibility index (Phi) is 4.31. The molecule has 0 saturated carbocycles. The minimum atomic E-state index is -1.49. The lowest BCUT2D eigenvalue weighted by atomic mass is 10.1. The summed E-state index contributed by atoms with van der Waals surface area (Å²) in [5.74, 6) is 0.819. The lowest BCUT2D eigenvalue weighted by Gasteiger charge is -2.38. The van der Waals surface area contributed by atoms with Crippen LogP contribution in [0.5, 0.6) is 0 Å². The van der Waals surface area contributed by atoms with Crippen LogP contribution in [0.1, 0.15) is 31.9 Å². The first kappa shape index (κ1) is 14.6. The third-order valence-corrected chi connectivity index (χ3v) is 9.99. The van der Waals surface area contributed by atoms with Gasteiger partial charge in [-0.1, -0.05) is 69.9 Å². The highest BCUT2D eigenvalue weighted by atomic mass is 32.1. The van der Waals surface area contributed by atoms with Crippen molar-refractivity contribution < 1.29 is 0 Å². The Morgan fingerprint density at radius 2 is 1.88 bits per heavy atom. The van der Waals surface area contributed by atoms with Crippen LogP contribution >= 0.6 is 12.6 Å². The third-order valence-electron chi connectivity index (χ3n) is 4.09. The summed E-state index contributed by atoms with van der Waals surface area (Å²) in [6.07, 6.45) is 1.93. The second-order valence-electron chi connectivity index (χ2n) is 6.15. The zero-order chi connectivity index (χ0) is 13.3. The van der Waals surface area contributed by atoms with E-state index in [-0.39, 0.29) is 0 Å². The summed E-state index contributed by atoms with van der Waals surface area (Å²) in [5.41, 5.74) is 2.60. The molecule has 0 aliphatic heterocycles. The largest absolute Gasteiger partial charge is 0.175 e. The smallest absolute Gasteiger partial charge is 0.0863 e. The highest BCUT2D eigenvalue weighted by Crippen LogP contribution is 2.36.